The van der Waals surface area contributed by atoms with Crippen LogP contribution in [0.15, 0.2) is 5.16 Å². The lowest BCUT2D eigenvalue weighted by molar-refractivity contribution is 0.0189. The number of hydrogen-bond acceptors (Lipinski definition) is 5. The van der Waals surface area contributed by atoms with Crippen molar-refractivity contribution in [3.8, 4) is 0 Å². The van der Waals surface area contributed by atoms with E-state index in [1.165, 1.54) is 0 Å². The van der Waals surface area contributed by atoms with E-state index in [4.69, 9.17) is 20.4 Å². The fourth-order valence-corrected chi connectivity index (χ4v) is 1.64. The summed E-state index contributed by atoms with van der Waals surface area (Å²) in [5.74, 6) is 0.0609. The summed E-state index contributed by atoms with van der Waals surface area (Å²) in [5.41, 5.74) is 4.92. The lowest BCUT2D eigenvalue weighted by Gasteiger charge is -2.29. The molecular formula is C11H21N3O4. The number of nitrogens with zero attached hydrogens (tertiary/aromatic N) is 1. The van der Waals surface area contributed by atoms with Crippen LogP contribution < -0.4 is 11.1 Å². The van der Waals surface area contributed by atoms with Gasteiger partial charge in [-0.1, -0.05) is 5.16 Å². The lowest BCUT2D eigenvalue weighted by Crippen LogP contribution is -2.47. The van der Waals surface area contributed by atoms with Crippen LogP contribution in [0.4, 0.5) is 4.79 Å². The van der Waals surface area contributed by atoms with Gasteiger partial charge in [0.25, 0.3) is 0 Å². The van der Waals surface area contributed by atoms with Crippen molar-refractivity contribution in [2.24, 2.45) is 10.9 Å². The number of alkyl carbamates (subject to hydrolysis) is 1. The minimum Gasteiger partial charge on any atom is -0.444 e. The van der Waals surface area contributed by atoms with Crippen LogP contribution in [0, 0.1) is 0 Å². The van der Waals surface area contributed by atoms with Gasteiger partial charge in [0, 0.05) is 0 Å². The minimum atomic E-state index is -0.518. The molecule has 1 heterocycles. The molecule has 1 aliphatic heterocycles. The number of hydrogen-bond donors (Lipinski definition) is 3. The number of carbonyl (C=O) groups is 1. The first kappa shape index (κ1) is 14.6. The van der Waals surface area contributed by atoms with Crippen LogP contribution in [0.5, 0.6) is 0 Å². The highest BCUT2D eigenvalue weighted by Crippen LogP contribution is 2.14. The van der Waals surface area contributed by atoms with Crippen LogP contribution in [0.1, 0.15) is 33.6 Å². The molecule has 7 nitrogen and oxygen atoms in total. The summed E-state index contributed by atoms with van der Waals surface area (Å²) in [6, 6.07) is -0.109. The molecule has 1 amide bonds. The van der Waals surface area contributed by atoms with Gasteiger partial charge in [0.05, 0.1) is 12.6 Å². The maximum atomic E-state index is 11.5. The second kappa shape index (κ2) is 5.90. The van der Waals surface area contributed by atoms with E-state index in [-0.39, 0.29) is 18.0 Å². The smallest absolute Gasteiger partial charge is 0.407 e. The third-order valence-electron chi connectivity index (χ3n) is 2.44. The van der Waals surface area contributed by atoms with Crippen LogP contribution in [0.25, 0.3) is 0 Å². The van der Waals surface area contributed by atoms with E-state index in [0.717, 1.165) is 0 Å². The van der Waals surface area contributed by atoms with Crippen molar-refractivity contribution in [2.45, 2.75) is 51.4 Å². The molecule has 0 radical (unpaired) electrons. The number of ether oxygens (including phenoxy) is 2. The van der Waals surface area contributed by atoms with Crippen molar-refractivity contribution in [1.29, 1.82) is 0 Å². The maximum absolute atomic E-state index is 11.5. The number of nitrogens with two attached hydrogens (primary N) is 1. The van der Waals surface area contributed by atoms with Crippen LogP contribution in [-0.2, 0) is 9.47 Å². The third-order valence-corrected chi connectivity index (χ3v) is 2.44. The normalized spacial score (nSPS) is 25.6. The van der Waals surface area contributed by atoms with E-state index in [1.807, 2.05) is 0 Å². The average molecular weight is 259 g/mol. The summed E-state index contributed by atoms with van der Waals surface area (Å²) >= 11 is 0. The van der Waals surface area contributed by atoms with Crippen molar-refractivity contribution < 1.29 is 19.5 Å². The first-order valence-corrected chi connectivity index (χ1v) is 5.90. The monoisotopic (exact) mass is 259 g/mol. The third kappa shape index (κ3) is 4.79. The standard InChI is InChI=1S/C11H21N3O4/c1-11(2,3)18-10(15)13-7-4-5-8(17-6-7)9(12)14-16/h7-8,16H,4-6H2,1-3H3,(H2,12,14)(H,13,15)/t7-,8+/m1/s1. The maximum Gasteiger partial charge on any atom is 0.407 e. The Morgan fingerprint density at radius 3 is 2.61 bits per heavy atom. The molecule has 0 unspecified atom stereocenters. The Morgan fingerprint density at radius 2 is 2.17 bits per heavy atom. The minimum absolute atomic E-state index is 0.0609. The quantitative estimate of drug-likeness (QED) is 0.294. The predicted octanol–water partition coefficient (Wildman–Crippen LogP) is 0.805. The number of nitrogens with one attached hydrogen (secondary N) is 1. The Hall–Kier alpha value is -1.50. The molecule has 7 heteroatoms. The second-order valence-corrected chi connectivity index (χ2v) is 5.27. The van der Waals surface area contributed by atoms with Crippen molar-refractivity contribution in [2.75, 3.05) is 6.61 Å². The van der Waals surface area contributed by atoms with Crippen LogP contribution in [-0.4, -0.2) is 41.5 Å². The second-order valence-electron chi connectivity index (χ2n) is 5.27. The summed E-state index contributed by atoms with van der Waals surface area (Å²) in [7, 11) is 0. The molecule has 0 aliphatic carbocycles. The van der Waals surface area contributed by atoms with Crippen molar-refractivity contribution >= 4 is 11.9 Å². The van der Waals surface area contributed by atoms with Crippen molar-refractivity contribution in [1.82, 2.24) is 5.32 Å². The van der Waals surface area contributed by atoms with E-state index < -0.39 is 11.7 Å². The number of amidine groups is 1. The molecule has 1 rings (SSSR count). The topological polar surface area (TPSA) is 106 Å². The highest BCUT2D eigenvalue weighted by atomic mass is 16.6. The molecule has 2 atom stereocenters. The number of oxime groups is 1. The summed E-state index contributed by atoms with van der Waals surface area (Å²) in [5, 5.41) is 14.1. The van der Waals surface area contributed by atoms with Gasteiger partial charge in [-0.05, 0) is 33.6 Å². The molecule has 1 aliphatic rings. The molecular weight excluding hydrogens is 238 g/mol. The summed E-state index contributed by atoms with van der Waals surface area (Å²) in [6.07, 6.45) is 0.446. The van der Waals surface area contributed by atoms with Crippen molar-refractivity contribution in [3.63, 3.8) is 0 Å². The molecule has 0 bridgehead atoms. The first-order valence-electron chi connectivity index (χ1n) is 5.90. The van der Waals surface area contributed by atoms with Crippen molar-refractivity contribution in [3.05, 3.63) is 0 Å². The molecule has 1 saturated heterocycles. The molecule has 0 spiro atoms. The summed E-state index contributed by atoms with van der Waals surface area (Å²) < 4.78 is 10.5. The zero-order valence-electron chi connectivity index (χ0n) is 11.0. The van der Waals surface area contributed by atoms with Gasteiger partial charge in [-0.15, -0.1) is 0 Å². The molecule has 1 fully saturated rings. The molecule has 0 saturated carbocycles. The molecule has 0 aromatic heterocycles. The lowest BCUT2D eigenvalue weighted by atomic mass is 10.0. The fourth-order valence-electron chi connectivity index (χ4n) is 1.64. The average Bonchev–Trinajstić information content (AvgIpc) is 2.26. The number of carbonyl (C=O) groups excluding carboxylic acids is 1. The predicted molar refractivity (Wildman–Crippen MR) is 65.5 cm³/mol. The number of amides is 1. The van der Waals surface area contributed by atoms with Gasteiger partial charge in [-0.2, -0.15) is 0 Å². The van der Waals surface area contributed by atoms with Gasteiger partial charge in [0.1, 0.15) is 11.7 Å². The molecule has 104 valence electrons. The Labute approximate surface area is 106 Å². The zero-order valence-corrected chi connectivity index (χ0v) is 11.0. The molecule has 4 N–H and O–H groups in total. The van der Waals surface area contributed by atoms with Crippen LogP contribution in [0.2, 0.25) is 0 Å². The SMILES string of the molecule is CC(C)(C)OC(=O)N[C@@H]1CC[C@@H](/C(N)=N/O)OC1. The first-order chi connectivity index (χ1) is 8.31. The fraction of sp³-hybridized carbons (Fsp3) is 0.818. The Bertz CT molecular complexity index is 317. The molecule has 0 aromatic rings. The summed E-state index contributed by atoms with van der Waals surface area (Å²) in [6.45, 7) is 5.73. The molecule has 0 aromatic carbocycles. The van der Waals surface area contributed by atoms with Crippen LogP contribution >= 0.6 is 0 Å². The van der Waals surface area contributed by atoms with E-state index in [0.29, 0.717) is 19.4 Å². The van der Waals surface area contributed by atoms with E-state index in [2.05, 4.69) is 10.5 Å². The van der Waals surface area contributed by atoms with Crippen LogP contribution in [0.3, 0.4) is 0 Å². The largest absolute Gasteiger partial charge is 0.444 e. The van der Waals surface area contributed by atoms with E-state index in [1.54, 1.807) is 20.8 Å². The Kier molecular flexibility index (Phi) is 4.77. The highest BCUT2D eigenvalue weighted by molar-refractivity contribution is 5.84. The number of rotatable bonds is 2. The van der Waals surface area contributed by atoms with Gasteiger partial charge in [0.2, 0.25) is 0 Å². The zero-order chi connectivity index (χ0) is 13.8. The van der Waals surface area contributed by atoms with Gasteiger partial charge >= 0.3 is 6.09 Å². The molecule has 18 heavy (non-hydrogen) atoms. The summed E-state index contributed by atoms with van der Waals surface area (Å²) in [4.78, 5) is 11.5. The Balaban J connectivity index is 2.34. The van der Waals surface area contributed by atoms with E-state index in [9.17, 15) is 4.79 Å². The van der Waals surface area contributed by atoms with E-state index >= 15 is 0 Å². The van der Waals surface area contributed by atoms with Gasteiger partial charge < -0.3 is 25.7 Å². The van der Waals surface area contributed by atoms with Gasteiger partial charge in [-0.3, -0.25) is 0 Å². The Morgan fingerprint density at radius 1 is 1.50 bits per heavy atom. The highest BCUT2D eigenvalue weighted by Gasteiger charge is 2.27. The van der Waals surface area contributed by atoms with Gasteiger partial charge in [-0.25, -0.2) is 4.79 Å². The van der Waals surface area contributed by atoms with Gasteiger partial charge in [0.15, 0.2) is 5.84 Å².